The third-order valence-electron chi connectivity index (χ3n) is 2.99. The number of nitrogens with zero attached hydrogens (tertiary/aromatic N) is 3. The molecule has 1 aromatic carbocycles. The number of unbranched alkanes of at least 4 members (excludes halogenated alkanes) is 1. The number of rotatable bonds is 7. The Labute approximate surface area is 137 Å². The fraction of sp³-hybridized carbons (Fsp3) is 0.267. The zero-order chi connectivity index (χ0) is 16.7. The van der Waals surface area contributed by atoms with Gasteiger partial charge in [-0.3, -0.25) is 20.2 Å². The van der Waals surface area contributed by atoms with Gasteiger partial charge in [-0.2, -0.15) is 0 Å². The lowest BCUT2D eigenvalue weighted by molar-refractivity contribution is -0.385. The van der Waals surface area contributed by atoms with Crippen molar-refractivity contribution in [1.29, 1.82) is 0 Å². The van der Waals surface area contributed by atoms with Crippen molar-refractivity contribution in [2.75, 3.05) is 5.32 Å². The van der Waals surface area contributed by atoms with E-state index in [0.29, 0.717) is 10.7 Å². The maximum Gasteiger partial charge on any atom is 0.276 e. The number of anilines is 1. The average Bonchev–Trinajstić information content (AvgIpc) is 2.98. The van der Waals surface area contributed by atoms with Crippen molar-refractivity contribution in [1.82, 2.24) is 10.2 Å². The number of carbonyl (C=O) groups is 1. The number of aryl methyl sites for hydroxylation is 1. The summed E-state index contributed by atoms with van der Waals surface area (Å²) in [5.41, 5.74) is 0.322. The number of aromatic nitrogens is 2. The second-order valence-corrected chi connectivity index (χ2v) is 5.81. The molecule has 1 heterocycles. The molecule has 0 atom stereocenters. The summed E-state index contributed by atoms with van der Waals surface area (Å²) in [5, 5.41) is 22.7. The summed E-state index contributed by atoms with van der Waals surface area (Å²) in [7, 11) is 0. The van der Waals surface area contributed by atoms with E-state index < -0.39 is 10.8 Å². The Morgan fingerprint density at radius 1 is 1.39 bits per heavy atom. The van der Waals surface area contributed by atoms with Crippen LogP contribution in [0.5, 0.6) is 0 Å². The number of benzene rings is 1. The zero-order valence-electron chi connectivity index (χ0n) is 12.6. The molecule has 1 amide bonds. The summed E-state index contributed by atoms with van der Waals surface area (Å²) in [6.07, 6.45) is 5.60. The molecule has 0 aliphatic carbocycles. The fourth-order valence-corrected chi connectivity index (χ4v) is 2.62. The number of nitrogens with one attached hydrogen (secondary N) is 1. The molecule has 0 radical (unpaired) electrons. The first kappa shape index (κ1) is 16.8. The molecule has 2 aromatic rings. The van der Waals surface area contributed by atoms with Gasteiger partial charge in [-0.15, -0.1) is 10.2 Å². The van der Waals surface area contributed by atoms with Crippen LogP contribution in [0, 0.1) is 10.1 Å². The van der Waals surface area contributed by atoms with Gasteiger partial charge < -0.3 is 0 Å². The lowest BCUT2D eigenvalue weighted by Crippen LogP contribution is -2.07. The SMILES string of the molecule is CCCCc1nnc(NC(=O)/C=C/c2ccccc2[N+](=O)[O-])s1. The standard InChI is InChI=1S/C15H16N4O3S/c1-2-3-8-14-17-18-15(23-14)16-13(20)10-9-11-6-4-5-7-12(11)19(21)22/h4-7,9-10H,2-3,8H2,1H3,(H,16,18,20)/b10-9+. The third kappa shape index (κ3) is 4.96. The molecule has 0 fully saturated rings. The Balaban J connectivity index is 1.99. The first-order chi connectivity index (χ1) is 11.1. The summed E-state index contributed by atoms with van der Waals surface area (Å²) in [5.74, 6) is -0.402. The molecular weight excluding hydrogens is 316 g/mol. The van der Waals surface area contributed by atoms with E-state index in [1.165, 1.54) is 29.6 Å². The monoisotopic (exact) mass is 332 g/mol. The van der Waals surface area contributed by atoms with Crippen LogP contribution in [0.3, 0.4) is 0 Å². The number of amides is 1. The van der Waals surface area contributed by atoms with Crippen molar-refractivity contribution in [2.45, 2.75) is 26.2 Å². The van der Waals surface area contributed by atoms with Crippen LogP contribution < -0.4 is 5.32 Å². The van der Waals surface area contributed by atoms with Gasteiger partial charge in [0.15, 0.2) is 0 Å². The minimum Gasteiger partial charge on any atom is -0.297 e. The first-order valence-corrected chi connectivity index (χ1v) is 7.96. The van der Waals surface area contributed by atoms with Crippen LogP contribution in [0.1, 0.15) is 30.3 Å². The van der Waals surface area contributed by atoms with E-state index in [9.17, 15) is 14.9 Å². The Morgan fingerprint density at radius 3 is 2.91 bits per heavy atom. The van der Waals surface area contributed by atoms with Crippen molar-refractivity contribution >= 4 is 34.1 Å². The highest BCUT2D eigenvalue weighted by molar-refractivity contribution is 7.15. The van der Waals surface area contributed by atoms with E-state index in [2.05, 4.69) is 22.4 Å². The number of nitro groups is 1. The van der Waals surface area contributed by atoms with Gasteiger partial charge in [-0.1, -0.05) is 36.8 Å². The van der Waals surface area contributed by atoms with E-state index >= 15 is 0 Å². The van der Waals surface area contributed by atoms with E-state index in [-0.39, 0.29) is 5.69 Å². The molecule has 0 aliphatic rings. The molecule has 0 saturated heterocycles. The smallest absolute Gasteiger partial charge is 0.276 e. The molecule has 0 aliphatic heterocycles. The van der Waals surface area contributed by atoms with Crippen molar-refractivity contribution < 1.29 is 9.72 Å². The molecular formula is C15H16N4O3S. The van der Waals surface area contributed by atoms with Crippen LogP contribution in [-0.2, 0) is 11.2 Å². The lowest BCUT2D eigenvalue weighted by atomic mass is 10.1. The summed E-state index contributed by atoms with van der Waals surface area (Å²) in [6.45, 7) is 2.09. The Bertz CT molecular complexity index is 727. The molecule has 7 nitrogen and oxygen atoms in total. The van der Waals surface area contributed by atoms with E-state index in [0.717, 1.165) is 24.3 Å². The zero-order valence-corrected chi connectivity index (χ0v) is 13.4. The number of hydrogen-bond acceptors (Lipinski definition) is 6. The van der Waals surface area contributed by atoms with Crippen LogP contribution in [0.2, 0.25) is 0 Å². The molecule has 0 unspecified atom stereocenters. The highest BCUT2D eigenvalue weighted by atomic mass is 32.1. The van der Waals surface area contributed by atoms with Crippen LogP contribution in [0.25, 0.3) is 6.08 Å². The predicted molar refractivity (Wildman–Crippen MR) is 89.3 cm³/mol. The average molecular weight is 332 g/mol. The minimum atomic E-state index is -0.484. The summed E-state index contributed by atoms with van der Waals surface area (Å²) >= 11 is 1.33. The molecule has 0 saturated carbocycles. The largest absolute Gasteiger partial charge is 0.297 e. The van der Waals surface area contributed by atoms with Gasteiger partial charge in [0.25, 0.3) is 5.69 Å². The molecule has 8 heteroatoms. The van der Waals surface area contributed by atoms with Gasteiger partial charge in [0, 0.05) is 18.6 Å². The number of hydrogen-bond donors (Lipinski definition) is 1. The Morgan fingerprint density at radius 2 is 2.17 bits per heavy atom. The van der Waals surface area contributed by atoms with Gasteiger partial charge in [0.05, 0.1) is 10.5 Å². The first-order valence-electron chi connectivity index (χ1n) is 7.15. The van der Waals surface area contributed by atoms with Crippen LogP contribution >= 0.6 is 11.3 Å². The second-order valence-electron chi connectivity index (χ2n) is 4.74. The highest BCUT2D eigenvalue weighted by Crippen LogP contribution is 2.20. The van der Waals surface area contributed by atoms with Gasteiger partial charge in [-0.25, -0.2) is 0 Å². The van der Waals surface area contributed by atoms with Gasteiger partial charge in [0.1, 0.15) is 5.01 Å². The second kappa shape index (κ2) is 8.14. The maximum absolute atomic E-state index is 11.9. The van der Waals surface area contributed by atoms with Gasteiger partial charge >= 0.3 is 0 Å². The van der Waals surface area contributed by atoms with Crippen molar-refractivity contribution in [3.63, 3.8) is 0 Å². The number of carbonyl (C=O) groups excluding carboxylic acids is 1. The molecule has 120 valence electrons. The normalized spacial score (nSPS) is 10.8. The van der Waals surface area contributed by atoms with E-state index in [1.807, 2.05) is 0 Å². The molecule has 2 rings (SSSR count). The van der Waals surface area contributed by atoms with Crippen LogP contribution in [0.15, 0.2) is 30.3 Å². The topological polar surface area (TPSA) is 98.0 Å². The van der Waals surface area contributed by atoms with E-state index in [4.69, 9.17) is 0 Å². The summed E-state index contributed by atoms with van der Waals surface area (Å²) in [6, 6.07) is 6.22. The van der Waals surface area contributed by atoms with Crippen LogP contribution in [-0.4, -0.2) is 21.0 Å². The third-order valence-corrected chi connectivity index (χ3v) is 3.89. The molecule has 1 N–H and O–H groups in total. The quantitative estimate of drug-likeness (QED) is 0.476. The van der Waals surface area contributed by atoms with Gasteiger partial charge in [-0.05, 0) is 18.6 Å². The summed E-state index contributed by atoms with van der Waals surface area (Å²) in [4.78, 5) is 22.3. The Hall–Kier alpha value is -2.61. The molecule has 1 aromatic heterocycles. The minimum absolute atomic E-state index is 0.0469. The summed E-state index contributed by atoms with van der Waals surface area (Å²) < 4.78 is 0. The van der Waals surface area contributed by atoms with E-state index in [1.54, 1.807) is 18.2 Å². The lowest BCUT2D eigenvalue weighted by Gasteiger charge is -1.97. The molecule has 23 heavy (non-hydrogen) atoms. The molecule has 0 bridgehead atoms. The number of nitro benzene ring substituents is 1. The van der Waals surface area contributed by atoms with Gasteiger partial charge in [0.2, 0.25) is 11.0 Å². The van der Waals surface area contributed by atoms with Crippen molar-refractivity contribution in [3.8, 4) is 0 Å². The predicted octanol–water partition coefficient (Wildman–Crippen LogP) is 3.44. The van der Waals surface area contributed by atoms with Crippen LogP contribution in [0.4, 0.5) is 10.8 Å². The molecule has 0 spiro atoms. The Kier molecular flexibility index (Phi) is 5.93. The number of para-hydroxylation sites is 1. The van der Waals surface area contributed by atoms with Crippen molar-refractivity contribution in [2.24, 2.45) is 0 Å². The highest BCUT2D eigenvalue weighted by Gasteiger charge is 2.10. The maximum atomic E-state index is 11.9. The fourth-order valence-electron chi connectivity index (χ4n) is 1.84. The van der Waals surface area contributed by atoms with Crippen molar-refractivity contribution in [3.05, 3.63) is 51.0 Å².